The molecule has 0 spiro atoms. The first kappa shape index (κ1) is 22.6. The number of amides is 1. The fraction of sp³-hybridized carbons (Fsp3) is 0.0909. The van der Waals surface area contributed by atoms with Crippen LogP contribution >= 0.6 is 50.1 Å². The lowest BCUT2D eigenvalue weighted by Crippen LogP contribution is -2.25. The van der Waals surface area contributed by atoms with Crippen LogP contribution in [-0.4, -0.2) is 18.7 Å². The minimum Gasteiger partial charge on any atom is -0.488 e. The van der Waals surface area contributed by atoms with E-state index >= 15 is 0 Å². The summed E-state index contributed by atoms with van der Waals surface area (Å²) in [6, 6.07) is 20.9. The third-order valence-corrected chi connectivity index (χ3v) is 5.55. The van der Waals surface area contributed by atoms with E-state index in [1.165, 1.54) is 0 Å². The highest BCUT2D eigenvalue weighted by molar-refractivity contribution is 14.1. The average molecular weight is 599 g/mol. The van der Waals surface area contributed by atoms with Crippen LogP contribution in [0.25, 0.3) is 0 Å². The number of nitrogens with one attached hydrogen (secondary N) is 2. The van der Waals surface area contributed by atoms with E-state index in [9.17, 15) is 4.79 Å². The van der Waals surface area contributed by atoms with Crippen LogP contribution in [-0.2, 0) is 11.4 Å². The van der Waals surface area contributed by atoms with E-state index in [4.69, 9.17) is 16.3 Å². The van der Waals surface area contributed by atoms with Gasteiger partial charge in [0, 0.05) is 14.3 Å². The topological polar surface area (TPSA) is 62.7 Å². The van der Waals surface area contributed by atoms with Crippen LogP contribution in [0.1, 0.15) is 11.1 Å². The van der Waals surface area contributed by atoms with E-state index in [-0.39, 0.29) is 12.5 Å². The third kappa shape index (κ3) is 7.30. The van der Waals surface area contributed by atoms with Gasteiger partial charge in [0.05, 0.1) is 17.2 Å². The first-order valence-electron chi connectivity index (χ1n) is 8.98. The molecule has 0 radical (unpaired) electrons. The quantitative estimate of drug-likeness (QED) is 0.194. The van der Waals surface area contributed by atoms with Crippen molar-refractivity contribution in [3.63, 3.8) is 0 Å². The Balaban J connectivity index is 1.47. The third-order valence-electron chi connectivity index (χ3n) is 3.96. The van der Waals surface area contributed by atoms with Crippen molar-refractivity contribution in [3.8, 4) is 5.75 Å². The lowest BCUT2D eigenvalue weighted by atomic mass is 10.2. The highest BCUT2D eigenvalue weighted by Gasteiger charge is 2.04. The number of ether oxygens (including phenoxy) is 1. The van der Waals surface area contributed by atoms with Crippen LogP contribution in [0.15, 0.2) is 76.3 Å². The van der Waals surface area contributed by atoms with Crippen LogP contribution in [0.5, 0.6) is 5.75 Å². The summed E-state index contributed by atoms with van der Waals surface area (Å²) in [6.45, 7) is 0.575. The van der Waals surface area contributed by atoms with E-state index < -0.39 is 0 Å². The number of halogens is 3. The highest BCUT2D eigenvalue weighted by atomic mass is 127. The van der Waals surface area contributed by atoms with Crippen LogP contribution in [0.2, 0.25) is 5.02 Å². The van der Waals surface area contributed by atoms with Gasteiger partial charge < -0.3 is 10.1 Å². The van der Waals surface area contributed by atoms with E-state index in [2.05, 4.69) is 54.4 Å². The second kappa shape index (κ2) is 11.3. The molecule has 0 unspecified atom stereocenters. The summed E-state index contributed by atoms with van der Waals surface area (Å²) in [5.41, 5.74) is 5.24. The molecule has 2 N–H and O–H groups in total. The van der Waals surface area contributed by atoms with Crippen molar-refractivity contribution >= 4 is 67.9 Å². The largest absolute Gasteiger partial charge is 0.488 e. The van der Waals surface area contributed by atoms with Crippen LogP contribution in [0.3, 0.4) is 0 Å². The van der Waals surface area contributed by atoms with Crippen molar-refractivity contribution < 1.29 is 9.53 Å². The molecule has 0 saturated carbocycles. The zero-order valence-electron chi connectivity index (χ0n) is 15.7. The summed E-state index contributed by atoms with van der Waals surface area (Å²) >= 11 is 11.6. The Morgan fingerprint density at radius 3 is 2.53 bits per heavy atom. The zero-order chi connectivity index (χ0) is 21.3. The van der Waals surface area contributed by atoms with Crippen LogP contribution in [0.4, 0.5) is 5.69 Å². The Morgan fingerprint density at radius 2 is 1.83 bits per heavy atom. The number of rotatable bonds is 8. The molecule has 0 atom stereocenters. The number of hydrazone groups is 1. The van der Waals surface area contributed by atoms with Crippen molar-refractivity contribution in [3.05, 3.63) is 90.9 Å². The molecular formula is C22H18BrClIN3O2. The van der Waals surface area contributed by atoms with Crippen molar-refractivity contribution in [1.29, 1.82) is 0 Å². The number of carbonyl (C=O) groups excluding carboxylic acids is 1. The van der Waals surface area contributed by atoms with Crippen LogP contribution in [0, 0.1) is 3.57 Å². The summed E-state index contributed by atoms with van der Waals surface area (Å²) in [5, 5.41) is 7.74. The lowest BCUT2D eigenvalue weighted by Gasteiger charge is -2.09. The molecule has 0 aliphatic rings. The Bertz CT molecular complexity index is 1030. The average Bonchev–Trinajstić information content (AvgIpc) is 2.74. The molecule has 30 heavy (non-hydrogen) atoms. The summed E-state index contributed by atoms with van der Waals surface area (Å²) < 4.78 is 7.77. The van der Waals surface area contributed by atoms with Crippen molar-refractivity contribution in [2.24, 2.45) is 5.10 Å². The maximum absolute atomic E-state index is 11.9. The fourth-order valence-electron chi connectivity index (χ4n) is 2.42. The summed E-state index contributed by atoms with van der Waals surface area (Å²) in [4.78, 5) is 11.9. The highest BCUT2D eigenvalue weighted by Crippen LogP contribution is 2.26. The summed E-state index contributed by atoms with van der Waals surface area (Å²) in [7, 11) is 0. The van der Waals surface area contributed by atoms with Gasteiger partial charge in [0.1, 0.15) is 12.4 Å². The molecule has 3 aromatic carbocycles. The van der Waals surface area contributed by atoms with Gasteiger partial charge in [-0.3, -0.25) is 4.79 Å². The molecule has 0 fully saturated rings. The molecule has 5 nitrogen and oxygen atoms in total. The molecule has 0 aromatic heterocycles. The maximum atomic E-state index is 11.9. The Hall–Kier alpha value is -2.10. The molecule has 154 valence electrons. The smallest absolute Gasteiger partial charge is 0.259 e. The molecule has 1 amide bonds. The molecule has 0 heterocycles. The number of nitrogens with zero attached hydrogens (tertiary/aromatic N) is 1. The van der Waals surface area contributed by atoms with E-state index in [1.807, 2.05) is 66.7 Å². The van der Waals surface area contributed by atoms with Gasteiger partial charge in [-0.2, -0.15) is 5.10 Å². The molecule has 0 aliphatic carbocycles. The molecular weight excluding hydrogens is 581 g/mol. The normalized spacial score (nSPS) is 10.8. The molecule has 0 aliphatic heterocycles. The number of benzene rings is 3. The SMILES string of the molecule is O=C(CNc1ccc(I)cc1)N/N=C\c1ccc(OCc2ccc(Cl)cc2)c(Br)c1. The second-order valence-corrected chi connectivity index (χ2v) is 8.80. The molecule has 3 rings (SSSR count). The summed E-state index contributed by atoms with van der Waals surface area (Å²) in [6.07, 6.45) is 1.58. The van der Waals surface area contributed by atoms with Gasteiger partial charge in [-0.15, -0.1) is 0 Å². The molecule has 8 heteroatoms. The predicted octanol–water partition coefficient (Wildman–Crippen LogP) is 5.85. The molecule has 0 saturated heterocycles. The van der Waals surface area contributed by atoms with Crippen LogP contribution < -0.4 is 15.5 Å². The first-order chi connectivity index (χ1) is 14.5. The minimum atomic E-state index is -0.230. The molecule has 0 bridgehead atoms. The summed E-state index contributed by atoms with van der Waals surface area (Å²) in [5.74, 6) is 0.486. The monoisotopic (exact) mass is 597 g/mol. The lowest BCUT2D eigenvalue weighted by molar-refractivity contribution is -0.119. The second-order valence-electron chi connectivity index (χ2n) is 6.26. The number of carbonyl (C=O) groups is 1. The fourth-order valence-corrected chi connectivity index (χ4v) is 3.42. The number of hydrogen-bond donors (Lipinski definition) is 2. The molecule has 3 aromatic rings. The Labute approximate surface area is 202 Å². The van der Waals surface area contributed by atoms with Crippen molar-refractivity contribution in [2.75, 3.05) is 11.9 Å². The van der Waals surface area contributed by atoms with Gasteiger partial charge in [-0.1, -0.05) is 23.7 Å². The minimum absolute atomic E-state index is 0.138. The van der Waals surface area contributed by atoms with Crippen molar-refractivity contribution in [2.45, 2.75) is 6.61 Å². The van der Waals surface area contributed by atoms with Gasteiger partial charge in [-0.05, 0) is 104 Å². The van der Waals surface area contributed by atoms with Gasteiger partial charge in [0.2, 0.25) is 0 Å². The maximum Gasteiger partial charge on any atom is 0.259 e. The zero-order valence-corrected chi connectivity index (χ0v) is 20.2. The number of anilines is 1. The van der Waals surface area contributed by atoms with Gasteiger partial charge >= 0.3 is 0 Å². The number of hydrogen-bond acceptors (Lipinski definition) is 4. The van der Waals surface area contributed by atoms with Gasteiger partial charge in [0.25, 0.3) is 5.91 Å². The van der Waals surface area contributed by atoms with Gasteiger partial charge in [-0.25, -0.2) is 5.43 Å². The predicted molar refractivity (Wildman–Crippen MR) is 133 cm³/mol. The van der Waals surface area contributed by atoms with E-state index in [0.717, 1.165) is 24.9 Å². The first-order valence-corrected chi connectivity index (χ1v) is 11.2. The van der Waals surface area contributed by atoms with E-state index in [1.54, 1.807) is 6.21 Å². The Kier molecular flexibility index (Phi) is 8.53. The standard InChI is InChI=1S/C22H18BrClIN3O2/c23-20-11-16(3-10-21(20)30-14-15-1-4-17(24)5-2-15)12-27-28-22(29)13-26-19-8-6-18(25)7-9-19/h1-12,26H,13-14H2,(H,28,29)/b27-12-. The van der Waals surface area contributed by atoms with Gasteiger partial charge in [0.15, 0.2) is 0 Å². The Morgan fingerprint density at radius 1 is 1.10 bits per heavy atom. The van der Waals surface area contributed by atoms with Crippen molar-refractivity contribution in [1.82, 2.24) is 5.43 Å². The van der Waals surface area contributed by atoms with E-state index in [0.29, 0.717) is 17.4 Å².